The van der Waals surface area contributed by atoms with Gasteiger partial charge in [-0.2, -0.15) is 0 Å². The molecule has 136 valence electrons. The third-order valence-corrected chi connectivity index (χ3v) is 4.22. The first kappa shape index (κ1) is 18.0. The number of Topliss-reactive ketones (excluding diaryl/α,β-unsaturated/α-hetero) is 1. The predicted octanol–water partition coefficient (Wildman–Crippen LogP) is 3.89. The second-order valence-corrected chi connectivity index (χ2v) is 6.85. The van der Waals surface area contributed by atoms with E-state index in [-0.39, 0.29) is 29.3 Å². The number of methoxy groups -OCH3 is 1. The molecule has 0 aliphatic carbocycles. The zero-order chi connectivity index (χ0) is 18.9. The first-order valence-corrected chi connectivity index (χ1v) is 8.40. The smallest absolute Gasteiger partial charge is 0.174 e. The van der Waals surface area contributed by atoms with Crippen molar-refractivity contribution in [2.75, 3.05) is 7.11 Å². The van der Waals surface area contributed by atoms with Crippen molar-refractivity contribution in [1.29, 1.82) is 0 Å². The van der Waals surface area contributed by atoms with Crippen LogP contribution in [0.2, 0.25) is 0 Å². The van der Waals surface area contributed by atoms with E-state index >= 15 is 0 Å². The molecule has 1 aliphatic heterocycles. The Morgan fingerprint density at radius 2 is 1.96 bits per heavy atom. The summed E-state index contributed by atoms with van der Waals surface area (Å²) < 4.78 is 11.5. The number of carbonyl (C=O) groups excluding carboxylic acids is 1. The molecule has 0 amide bonds. The van der Waals surface area contributed by atoms with E-state index in [4.69, 9.17) is 9.47 Å². The summed E-state index contributed by atoms with van der Waals surface area (Å²) in [5, 5.41) is 20.3. The number of hydrogen-bond acceptors (Lipinski definition) is 5. The maximum absolute atomic E-state index is 12.7. The molecule has 1 aliphatic rings. The number of fused-ring (bicyclic) bond motifs is 1. The van der Waals surface area contributed by atoms with Crippen LogP contribution in [0.1, 0.15) is 47.9 Å². The van der Waals surface area contributed by atoms with Crippen LogP contribution < -0.4 is 9.47 Å². The highest BCUT2D eigenvalue weighted by Crippen LogP contribution is 2.46. The molecule has 0 bridgehead atoms. The van der Waals surface area contributed by atoms with Gasteiger partial charge in [0, 0.05) is 6.07 Å². The molecule has 5 nitrogen and oxygen atoms in total. The van der Waals surface area contributed by atoms with Crippen molar-refractivity contribution < 1.29 is 24.5 Å². The van der Waals surface area contributed by atoms with Crippen LogP contribution >= 0.6 is 0 Å². The molecule has 5 heteroatoms. The third-order valence-electron chi connectivity index (χ3n) is 4.22. The number of aliphatic hydroxyl groups is 1. The second-order valence-electron chi connectivity index (χ2n) is 6.85. The molecular formula is C21H22O5. The molecule has 0 spiro atoms. The van der Waals surface area contributed by atoms with Crippen LogP contribution in [0.15, 0.2) is 42.5 Å². The number of hydrogen-bond donors (Lipinski definition) is 2. The molecule has 2 N–H and O–H groups in total. The number of phenols is 1. The molecule has 0 aromatic heterocycles. The van der Waals surface area contributed by atoms with Gasteiger partial charge in [-0.3, -0.25) is 4.79 Å². The molecule has 1 heterocycles. The van der Waals surface area contributed by atoms with Crippen molar-refractivity contribution in [1.82, 2.24) is 0 Å². The Balaban J connectivity index is 2.14. The van der Waals surface area contributed by atoms with E-state index in [2.05, 4.69) is 0 Å². The monoisotopic (exact) mass is 354 g/mol. The van der Waals surface area contributed by atoms with E-state index in [9.17, 15) is 15.0 Å². The topological polar surface area (TPSA) is 76.0 Å². The van der Waals surface area contributed by atoms with E-state index in [1.165, 1.54) is 13.2 Å². The molecule has 0 fully saturated rings. The minimum Gasteiger partial charge on any atom is -0.507 e. The predicted molar refractivity (Wildman–Crippen MR) is 98.7 cm³/mol. The maximum atomic E-state index is 12.7. The highest BCUT2D eigenvalue weighted by Gasteiger charge is 2.33. The van der Waals surface area contributed by atoms with Crippen molar-refractivity contribution >= 4 is 11.9 Å². The summed E-state index contributed by atoms with van der Waals surface area (Å²) in [5.74, 6) is 0.266. The van der Waals surface area contributed by atoms with Gasteiger partial charge in [0.2, 0.25) is 0 Å². The summed E-state index contributed by atoms with van der Waals surface area (Å²) in [6, 6.07) is 10.9. The number of aromatic hydroxyl groups is 1. The number of ether oxygens (including phenoxy) is 2. The van der Waals surface area contributed by atoms with Gasteiger partial charge in [0.25, 0.3) is 0 Å². The molecule has 2 aromatic rings. The molecule has 2 aromatic carbocycles. The molecule has 0 saturated heterocycles. The minimum absolute atomic E-state index is 0.144. The number of ketones is 1. The maximum Gasteiger partial charge on any atom is 0.174 e. The van der Waals surface area contributed by atoms with E-state index in [1.54, 1.807) is 26.0 Å². The van der Waals surface area contributed by atoms with Gasteiger partial charge in [0.1, 0.15) is 28.9 Å². The quantitative estimate of drug-likeness (QED) is 0.871. The van der Waals surface area contributed by atoms with Crippen molar-refractivity contribution in [2.24, 2.45) is 0 Å². The zero-order valence-electron chi connectivity index (χ0n) is 15.0. The van der Waals surface area contributed by atoms with Crippen LogP contribution in [0, 0.1) is 0 Å². The highest BCUT2D eigenvalue weighted by atomic mass is 16.5. The summed E-state index contributed by atoms with van der Waals surface area (Å²) >= 11 is 0. The van der Waals surface area contributed by atoms with Crippen LogP contribution in [-0.2, 0) is 0 Å². The molecule has 3 rings (SSSR count). The highest BCUT2D eigenvalue weighted by molar-refractivity contribution is 6.04. The fourth-order valence-corrected chi connectivity index (χ4v) is 2.95. The molecule has 26 heavy (non-hydrogen) atoms. The third kappa shape index (κ3) is 3.58. The molecule has 0 saturated carbocycles. The summed E-state index contributed by atoms with van der Waals surface area (Å²) in [5.41, 5.74) is 0.490. The Morgan fingerprint density at radius 1 is 1.27 bits per heavy atom. The van der Waals surface area contributed by atoms with Gasteiger partial charge in [0.05, 0.1) is 24.7 Å². The molecule has 1 unspecified atom stereocenters. The average Bonchev–Trinajstić information content (AvgIpc) is 2.60. The van der Waals surface area contributed by atoms with E-state index < -0.39 is 11.7 Å². The van der Waals surface area contributed by atoms with Gasteiger partial charge < -0.3 is 19.7 Å². The average molecular weight is 354 g/mol. The largest absolute Gasteiger partial charge is 0.507 e. The lowest BCUT2D eigenvalue weighted by Gasteiger charge is -2.28. The van der Waals surface area contributed by atoms with Crippen molar-refractivity contribution in [3.05, 3.63) is 59.2 Å². The van der Waals surface area contributed by atoms with Gasteiger partial charge in [-0.25, -0.2) is 0 Å². The lowest BCUT2D eigenvalue weighted by Crippen LogP contribution is -2.21. The number of rotatable bonds is 4. The normalized spacial score (nSPS) is 17.1. The van der Waals surface area contributed by atoms with Crippen molar-refractivity contribution in [3.8, 4) is 17.2 Å². The Hall–Kier alpha value is -2.79. The van der Waals surface area contributed by atoms with Crippen LogP contribution in [-0.4, -0.2) is 28.7 Å². The SMILES string of the molecule is COc1cc(O)c2c(c1/C=C/C(C)(C)O)OC(c1ccccc1)CC2=O. The first-order valence-electron chi connectivity index (χ1n) is 8.40. The van der Waals surface area contributed by atoms with Crippen molar-refractivity contribution in [3.63, 3.8) is 0 Å². The van der Waals surface area contributed by atoms with Crippen LogP contribution in [0.5, 0.6) is 17.2 Å². The van der Waals surface area contributed by atoms with Crippen molar-refractivity contribution in [2.45, 2.75) is 32.0 Å². The van der Waals surface area contributed by atoms with E-state index in [1.807, 2.05) is 30.3 Å². The Bertz CT molecular complexity index is 847. The second kappa shape index (κ2) is 6.84. The summed E-state index contributed by atoms with van der Waals surface area (Å²) in [4.78, 5) is 12.7. The summed E-state index contributed by atoms with van der Waals surface area (Å²) in [6.45, 7) is 3.28. The molecule has 1 atom stereocenters. The minimum atomic E-state index is -1.05. The number of carbonyl (C=O) groups is 1. The van der Waals surface area contributed by atoms with Gasteiger partial charge >= 0.3 is 0 Å². The summed E-state index contributed by atoms with van der Waals surface area (Å²) in [6.07, 6.45) is 2.93. The van der Waals surface area contributed by atoms with Crippen LogP contribution in [0.25, 0.3) is 6.08 Å². The van der Waals surface area contributed by atoms with E-state index in [0.29, 0.717) is 11.3 Å². The number of phenolic OH excluding ortho intramolecular Hbond substituents is 1. The van der Waals surface area contributed by atoms with Crippen LogP contribution in [0.3, 0.4) is 0 Å². The summed E-state index contributed by atoms with van der Waals surface area (Å²) in [7, 11) is 1.47. The Kier molecular flexibility index (Phi) is 4.74. The zero-order valence-corrected chi connectivity index (χ0v) is 15.0. The lowest BCUT2D eigenvalue weighted by atomic mass is 9.92. The Labute approximate surface area is 152 Å². The lowest BCUT2D eigenvalue weighted by molar-refractivity contribution is 0.0844. The van der Waals surface area contributed by atoms with E-state index in [0.717, 1.165) is 5.56 Å². The number of benzene rings is 2. The van der Waals surface area contributed by atoms with Crippen LogP contribution in [0.4, 0.5) is 0 Å². The fourth-order valence-electron chi connectivity index (χ4n) is 2.95. The van der Waals surface area contributed by atoms with Gasteiger partial charge in [0.15, 0.2) is 5.78 Å². The standard InChI is InChI=1S/C21H22O5/c1-21(2,24)10-9-14-18(25-3)12-16(23)19-15(22)11-17(26-20(14)19)13-7-5-4-6-8-13/h4-10,12,17,23-24H,11H2,1-3H3/b10-9+. The van der Waals surface area contributed by atoms with Gasteiger partial charge in [-0.1, -0.05) is 36.4 Å². The molecule has 0 radical (unpaired) electrons. The molecular weight excluding hydrogens is 332 g/mol. The van der Waals surface area contributed by atoms with Gasteiger partial charge in [-0.15, -0.1) is 0 Å². The Morgan fingerprint density at radius 3 is 2.58 bits per heavy atom. The van der Waals surface area contributed by atoms with Gasteiger partial charge in [-0.05, 0) is 25.5 Å². The fraction of sp³-hybridized carbons (Fsp3) is 0.286. The first-order chi connectivity index (χ1) is 12.3.